The molecule has 1 atom stereocenters. The molecule has 1 heterocycles. The van der Waals surface area contributed by atoms with Gasteiger partial charge in [0.2, 0.25) is 0 Å². The van der Waals surface area contributed by atoms with Gasteiger partial charge in [-0.25, -0.2) is 0 Å². The van der Waals surface area contributed by atoms with Crippen LogP contribution in [0.3, 0.4) is 0 Å². The van der Waals surface area contributed by atoms with Gasteiger partial charge >= 0.3 is 0 Å². The number of thiophene rings is 1. The molecule has 0 radical (unpaired) electrons. The zero-order valence-electron chi connectivity index (χ0n) is 13.0. The Bertz CT molecular complexity index is 515. The summed E-state index contributed by atoms with van der Waals surface area (Å²) in [5, 5.41) is 7.51. The maximum Gasteiger partial charge on any atom is 0.0345 e. The fourth-order valence-electron chi connectivity index (χ4n) is 2.78. The molecule has 1 aromatic carbocycles. The summed E-state index contributed by atoms with van der Waals surface area (Å²) in [5.41, 5.74) is 1.53. The van der Waals surface area contributed by atoms with Gasteiger partial charge in [0.25, 0.3) is 0 Å². The molecule has 1 aromatic heterocycles. The molecular formula is C18H27NS. The van der Waals surface area contributed by atoms with E-state index in [2.05, 4.69) is 55.7 Å². The summed E-state index contributed by atoms with van der Waals surface area (Å²) < 4.78 is 1.42. The second kappa shape index (κ2) is 7.80. The summed E-state index contributed by atoms with van der Waals surface area (Å²) in [5.74, 6) is 0.767. The van der Waals surface area contributed by atoms with E-state index in [0.29, 0.717) is 6.04 Å². The largest absolute Gasteiger partial charge is 0.314 e. The number of fused-ring (bicyclic) bond motifs is 1. The van der Waals surface area contributed by atoms with Crippen molar-refractivity contribution in [2.24, 2.45) is 5.92 Å². The van der Waals surface area contributed by atoms with Gasteiger partial charge in [-0.05, 0) is 60.5 Å². The van der Waals surface area contributed by atoms with E-state index in [0.717, 1.165) is 12.5 Å². The van der Waals surface area contributed by atoms with Gasteiger partial charge in [0.1, 0.15) is 0 Å². The molecule has 2 aromatic rings. The van der Waals surface area contributed by atoms with E-state index in [1.165, 1.54) is 41.3 Å². The SMILES string of the molecule is CCCNC(CCc1csc2ccccc12)CC(C)C. The van der Waals surface area contributed by atoms with Gasteiger partial charge in [-0.2, -0.15) is 0 Å². The van der Waals surface area contributed by atoms with Gasteiger partial charge in [0, 0.05) is 10.7 Å². The van der Waals surface area contributed by atoms with E-state index in [4.69, 9.17) is 0 Å². The molecule has 0 aliphatic rings. The van der Waals surface area contributed by atoms with Crippen molar-refractivity contribution in [1.82, 2.24) is 5.32 Å². The first-order valence-corrected chi connectivity index (χ1v) is 8.77. The van der Waals surface area contributed by atoms with Crippen LogP contribution in [0.1, 0.15) is 45.6 Å². The molecule has 1 N–H and O–H groups in total. The van der Waals surface area contributed by atoms with Crippen molar-refractivity contribution in [2.45, 2.75) is 52.5 Å². The van der Waals surface area contributed by atoms with Crippen molar-refractivity contribution < 1.29 is 0 Å². The fourth-order valence-corrected chi connectivity index (χ4v) is 3.77. The summed E-state index contributed by atoms with van der Waals surface area (Å²) in [6, 6.07) is 9.43. The number of hydrogen-bond donors (Lipinski definition) is 1. The zero-order chi connectivity index (χ0) is 14.4. The van der Waals surface area contributed by atoms with Crippen LogP contribution in [0.15, 0.2) is 29.6 Å². The monoisotopic (exact) mass is 289 g/mol. The van der Waals surface area contributed by atoms with Crippen LogP contribution >= 0.6 is 11.3 Å². The van der Waals surface area contributed by atoms with Gasteiger partial charge in [0.05, 0.1) is 0 Å². The lowest BCUT2D eigenvalue weighted by Gasteiger charge is -2.20. The minimum Gasteiger partial charge on any atom is -0.314 e. The third-order valence-electron chi connectivity index (χ3n) is 3.76. The Labute approximate surface area is 127 Å². The summed E-state index contributed by atoms with van der Waals surface area (Å²) in [6.45, 7) is 8.02. The van der Waals surface area contributed by atoms with Gasteiger partial charge < -0.3 is 5.32 Å². The molecule has 1 nitrogen and oxygen atoms in total. The molecule has 0 bridgehead atoms. The predicted molar refractivity (Wildman–Crippen MR) is 91.7 cm³/mol. The maximum atomic E-state index is 3.71. The number of nitrogens with one attached hydrogen (secondary N) is 1. The molecule has 1 unspecified atom stereocenters. The van der Waals surface area contributed by atoms with Crippen LogP contribution in [0.25, 0.3) is 10.1 Å². The van der Waals surface area contributed by atoms with Crippen LogP contribution in [0.5, 0.6) is 0 Å². The molecule has 0 aliphatic heterocycles. The Morgan fingerprint density at radius 3 is 2.75 bits per heavy atom. The third kappa shape index (κ3) is 4.32. The molecule has 0 amide bonds. The number of rotatable bonds is 8. The van der Waals surface area contributed by atoms with Crippen molar-refractivity contribution in [3.63, 3.8) is 0 Å². The highest BCUT2D eigenvalue weighted by Crippen LogP contribution is 2.27. The third-order valence-corrected chi connectivity index (χ3v) is 4.77. The molecule has 2 heteroatoms. The lowest BCUT2D eigenvalue weighted by Crippen LogP contribution is -2.31. The van der Waals surface area contributed by atoms with Gasteiger partial charge in [-0.3, -0.25) is 0 Å². The lowest BCUT2D eigenvalue weighted by molar-refractivity contribution is 0.399. The molecule has 20 heavy (non-hydrogen) atoms. The zero-order valence-corrected chi connectivity index (χ0v) is 13.8. The minimum absolute atomic E-state index is 0.661. The van der Waals surface area contributed by atoms with Crippen LogP contribution in [0.4, 0.5) is 0 Å². The Balaban J connectivity index is 1.97. The van der Waals surface area contributed by atoms with E-state index in [1.54, 1.807) is 0 Å². The maximum absolute atomic E-state index is 3.71. The average Bonchev–Trinajstić information content (AvgIpc) is 2.85. The summed E-state index contributed by atoms with van der Waals surface area (Å²) >= 11 is 1.88. The van der Waals surface area contributed by atoms with E-state index >= 15 is 0 Å². The Morgan fingerprint density at radius 1 is 1.20 bits per heavy atom. The highest BCUT2D eigenvalue weighted by molar-refractivity contribution is 7.17. The van der Waals surface area contributed by atoms with Crippen LogP contribution in [0.2, 0.25) is 0 Å². The number of hydrogen-bond acceptors (Lipinski definition) is 2. The quantitative estimate of drug-likeness (QED) is 0.700. The van der Waals surface area contributed by atoms with E-state index in [1.807, 2.05) is 11.3 Å². The molecular weight excluding hydrogens is 262 g/mol. The van der Waals surface area contributed by atoms with Gasteiger partial charge in [0.15, 0.2) is 0 Å². The Hall–Kier alpha value is -0.860. The Kier molecular flexibility index (Phi) is 6.06. The van der Waals surface area contributed by atoms with Gasteiger partial charge in [-0.15, -0.1) is 11.3 Å². The van der Waals surface area contributed by atoms with Crippen molar-refractivity contribution >= 4 is 21.4 Å². The fraction of sp³-hybridized carbons (Fsp3) is 0.556. The van der Waals surface area contributed by atoms with E-state index < -0.39 is 0 Å². The predicted octanol–water partition coefficient (Wildman–Crippen LogP) is 5.25. The van der Waals surface area contributed by atoms with Crippen molar-refractivity contribution in [3.8, 4) is 0 Å². The topological polar surface area (TPSA) is 12.0 Å². The molecule has 2 rings (SSSR count). The second-order valence-corrected chi connectivity index (χ2v) is 6.99. The van der Waals surface area contributed by atoms with Crippen molar-refractivity contribution in [1.29, 1.82) is 0 Å². The van der Waals surface area contributed by atoms with Crippen LogP contribution in [-0.4, -0.2) is 12.6 Å². The normalized spacial score (nSPS) is 13.2. The smallest absolute Gasteiger partial charge is 0.0345 e. The minimum atomic E-state index is 0.661. The highest BCUT2D eigenvalue weighted by atomic mass is 32.1. The summed E-state index contributed by atoms with van der Waals surface area (Å²) in [7, 11) is 0. The van der Waals surface area contributed by atoms with Crippen LogP contribution in [-0.2, 0) is 6.42 Å². The summed E-state index contributed by atoms with van der Waals surface area (Å²) in [4.78, 5) is 0. The van der Waals surface area contributed by atoms with Gasteiger partial charge in [-0.1, -0.05) is 39.0 Å². The van der Waals surface area contributed by atoms with E-state index in [-0.39, 0.29) is 0 Å². The molecule has 110 valence electrons. The molecule has 0 saturated heterocycles. The van der Waals surface area contributed by atoms with Crippen molar-refractivity contribution in [3.05, 3.63) is 35.2 Å². The number of benzene rings is 1. The van der Waals surface area contributed by atoms with Crippen LogP contribution in [0, 0.1) is 5.92 Å². The summed E-state index contributed by atoms with van der Waals surface area (Å²) in [6.07, 6.45) is 4.94. The Morgan fingerprint density at radius 2 is 2.00 bits per heavy atom. The first-order valence-electron chi connectivity index (χ1n) is 7.89. The average molecular weight is 289 g/mol. The van der Waals surface area contributed by atoms with Crippen LogP contribution < -0.4 is 5.32 Å². The molecule has 0 spiro atoms. The van der Waals surface area contributed by atoms with E-state index in [9.17, 15) is 0 Å². The highest BCUT2D eigenvalue weighted by Gasteiger charge is 2.11. The standard InChI is InChI=1S/C18H27NS/c1-4-11-19-16(12-14(2)3)10-9-15-13-20-18-8-6-5-7-17(15)18/h5-8,13-14,16,19H,4,9-12H2,1-3H3. The first kappa shape index (κ1) is 15.5. The first-order chi connectivity index (χ1) is 9.70. The van der Waals surface area contributed by atoms with Crippen molar-refractivity contribution in [2.75, 3.05) is 6.54 Å². The molecule has 0 saturated carbocycles. The number of aryl methyl sites for hydroxylation is 1. The molecule has 0 aliphatic carbocycles. The molecule has 0 fully saturated rings. The lowest BCUT2D eigenvalue weighted by atomic mass is 9.97. The second-order valence-electron chi connectivity index (χ2n) is 6.08.